The van der Waals surface area contributed by atoms with Crippen LogP contribution in [0.1, 0.15) is 0 Å². The van der Waals surface area contributed by atoms with Crippen LogP contribution in [0.25, 0.3) is 0 Å². The molecule has 0 unspecified atom stereocenters. The predicted octanol–water partition coefficient (Wildman–Crippen LogP) is -5.32. The van der Waals surface area contributed by atoms with Crippen molar-refractivity contribution in [2.24, 2.45) is 7.05 Å². The van der Waals surface area contributed by atoms with Crippen molar-refractivity contribution in [3.8, 4) is 0 Å². The number of rotatable bonds is 4. The van der Waals surface area contributed by atoms with Crippen LogP contribution in [-0.4, -0.2) is 62.7 Å². The Labute approximate surface area is 92.2 Å². The Morgan fingerprint density at radius 3 is 1.50 bits per heavy atom. The van der Waals surface area contributed by atoms with E-state index in [-0.39, 0.29) is 0 Å². The van der Waals surface area contributed by atoms with E-state index in [1.54, 1.807) is 0 Å². The molecule has 0 amide bonds. The normalized spacial score (nSPS) is 8.79. The van der Waals surface area contributed by atoms with E-state index in [4.69, 9.17) is 30.2 Å². The molecule has 0 aliphatic carbocycles. The second-order valence-electron chi connectivity index (χ2n) is 2.82. The molecule has 1 aromatic rings. The van der Waals surface area contributed by atoms with E-state index in [2.05, 4.69) is 0 Å². The molecule has 52 valence electrons. The quantitative estimate of drug-likeness (QED) is 0.391. The first-order valence-corrected chi connectivity index (χ1v) is 4.13. The fraction of sp³-hybridized carbons (Fsp3) is 0.200. The molecular formula is C5H3B8N. The third-order valence-corrected chi connectivity index (χ3v) is 2.21. The molecule has 0 aliphatic heterocycles. The topological polar surface area (TPSA) is 4.93 Å². The molecule has 1 nitrogen and oxygen atoms in total. The summed E-state index contributed by atoms with van der Waals surface area (Å²) in [6.45, 7) is 2.94. The third-order valence-electron chi connectivity index (χ3n) is 2.21. The van der Waals surface area contributed by atoms with E-state index in [0.29, 0.717) is 0 Å². The van der Waals surface area contributed by atoms with Crippen LogP contribution in [0.5, 0.6) is 0 Å². The van der Waals surface area contributed by atoms with Crippen LogP contribution < -0.4 is 22.1 Å². The van der Waals surface area contributed by atoms with Gasteiger partial charge in [0.2, 0.25) is 0 Å². The maximum atomic E-state index is 5.50. The molecule has 1 aromatic heterocycles. The van der Waals surface area contributed by atoms with Gasteiger partial charge >= 0.3 is 91.9 Å². The molecule has 1 heterocycles. The predicted molar refractivity (Wildman–Crippen MR) is 70.0 cm³/mol. The van der Waals surface area contributed by atoms with Crippen LogP contribution in [0.4, 0.5) is 0 Å². The third kappa shape index (κ3) is 1.78. The average Bonchev–Trinajstić information content (AvgIpc) is 2.48. The maximum absolute atomic E-state index is 5.50. The van der Waals surface area contributed by atoms with Crippen molar-refractivity contribution < 1.29 is 0 Å². The molecule has 0 saturated heterocycles. The number of hydrogen-bond acceptors (Lipinski definition) is 0. The minimum absolute atomic E-state index is 0.786. The SMILES string of the molecule is [B][B]c1c([B][B])c(B=[B])n(C)c1B=[B]. The molecule has 0 aliphatic rings. The summed E-state index contributed by atoms with van der Waals surface area (Å²) in [4.78, 5) is 0. The van der Waals surface area contributed by atoms with Gasteiger partial charge in [0.15, 0.2) is 0 Å². The van der Waals surface area contributed by atoms with E-state index >= 15 is 0 Å². The zero-order valence-corrected chi connectivity index (χ0v) is 8.07. The zero-order valence-electron chi connectivity index (χ0n) is 8.07. The molecule has 9 heteroatoms. The monoisotopic (exact) mass is 165 g/mol. The average molecular weight is 164 g/mol. The van der Waals surface area contributed by atoms with Gasteiger partial charge in [0.1, 0.15) is 0 Å². The van der Waals surface area contributed by atoms with Gasteiger partial charge < -0.3 is 0 Å². The fourth-order valence-electron chi connectivity index (χ4n) is 1.52. The van der Waals surface area contributed by atoms with Gasteiger partial charge in [-0.15, -0.1) is 0 Å². The molecule has 0 bridgehead atoms. The van der Waals surface area contributed by atoms with Gasteiger partial charge in [-0.2, -0.15) is 0 Å². The Kier molecular flexibility index (Phi) is 4.28. The Bertz CT molecular complexity index is 335. The van der Waals surface area contributed by atoms with Gasteiger partial charge in [0.25, 0.3) is 0 Å². The first-order chi connectivity index (χ1) is 6.71. The number of hydrogen-bond donors (Lipinski definition) is 0. The molecule has 0 fully saturated rings. The van der Waals surface area contributed by atoms with Gasteiger partial charge in [0, 0.05) is 0 Å². The Balaban J connectivity index is 3.52. The Hall–Kier alpha value is -0.201. The second-order valence-corrected chi connectivity index (χ2v) is 2.82. The van der Waals surface area contributed by atoms with Crippen molar-refractivity contribution in [2.75, 3.05) is 0 Å². The minimum atomic E-state index is 0.786. The zero-order chi connectivity index (χ0) is 10.7. The summed E-state index contributed by atoms with van der Waals surface area (Å²) >= 11 is 0. The second kappa shape index (κ2) is 5.04. The van der Waals surface area contributed by atoms with Crippen molar-refractivity contribution in [3.05, 3.63) is 0 Å². The van der Waals surface area contributed by atoms with Crippen molar-refractivity contribution in [1.82, 2.24) is 4.57 Å². The molecule has 0 spiro atoms. The van der Waals surface area contributed by atoms with Gasteiger partial charge in [-0.3, -0.25) is 0 Å². The van der Waals surface area contributed by atoms with Crippen molar-refractivity contribution in [2.45, 2.75) is 0 Å². The van der Waals surface area contributed by atoms with E-state index in [9.17, 15) is 0 Å². The summed E-state index contributed by atoms with van der Waals surface area (Å²) < 4.78 is 1.83. The van der Waals surface area contributed by atoms with Crippen LogP contribution in [0.3, 0.4) is 0 Å². The standard InChI is InChI=1S/C5H3B8N/c1-14-4(12-8)2(10-6)3(11-7)5(14)13-9/h1H3. The first kappa shape index (κ1) is 11.9. The summed E-state index contributed by atoms with van der Waals surface area (Å²) in [5, 5.41) is 0. The van der Waals surface area contributed by atoms with E-state index in [1.807, 2.05) is 11.6 Å². The van der Waals surface area contributed by atoms with Crippen LogP contribution in [0, 0.1) is 0 Å². The summed E-state index contributed by atoms with van der Waals surface area (Å²) in [5.74, 6) is 0. The number of aromatic nitrogens is 1. The van der Waals surface area contributed by atoms with Gasteiger partial charge in [0.05, 0.1) is 0 Å². The molecule has 0 atom stereocenters. The first-order valence-electron chi connectivity index (χ1n) is 4.13. The molecule has 1 rings (SSSR count). The summed E-state index contributed by atoms with van der Waals surface area (Å²) in [6, 6.07) is 0. The van der Waals surface area contributed by atoms with Crippen LogP contribution in [0.2, 0.25) is 0 Å². The Morgan fingerprint density at radius 1 is 0.929 bits per heavy atom. The van der Waals surface area contributed by atoms with Gasteiger partial charge in [-0.25, -0.2) is 0 Å². The molecule has 0 aromatic carbocycles. The summed E-state index contributed by atoms with van der Waals surface area (Å²) in [6.07, 6.45) is 0. The van der Waals surface area contributed by atoms with E-state index < -0.39 is 0 Å². The molecule has 0 saturated carbocycles. The van der Waals surface area contributed by atoms with Gasteiger partial charge in [-0.1, -0.05) is 0 Å². The molecular weight excluding hydrogens is 161 g/mol. The van der Waals surface area contributed by atoms with Crippen LogP contribution in [0.15, 0.2) is 0 Å². The van der Waals surface area contributed by atoms with Gasteiger partial charge in [-0.05, 0) is 0 Å². The molecule has 8 radical (unpaired) electrons. The van der Waals surface area contributed by atoms with Crippen LogP contribution >= 0.6 is 0 Å². The number of nitrogens with zero attached hydrogens (tertiary/aromatic N) is 1. The van der Waals surface area contributed by atoms with Crippen LogP contribution in [-0.2, 0) is 7.05 Å². The molecule has 14 heavy (non-hydrogen) atoms. The Morgan fingerprint density at radius 2 is 1.29 bits per heavy atom. The van der Waals surface area contributed by atoms with Crippen molar-refractivity contribution in [3.63, 3.8) is 0 Å². The van der Waals surface area contributed by atoms with Crippen molar-refractivity contribution >= 4 is 80.3 Å². The molecule has 0 N–H and O–H groups in total. The van der Waals surface area contributed by atoms with E-state index in [0.717, 1.165) is 22.1 Å². The van der Waals surface area contributed by atoms with Crippen molar-refractivity contribution in [1.29, 1.82) is 0 Å². The summed E-state index contributed by atoms with van der Waals surface area (Å²) in [5.41, 5.74) is 3.16. The summed E-state index contributed by atoms with van der Waals surface area (Å²) in [7, 11) is 26.7. The fourth-order valence-corrected chi connectivity index (χ4v) is 1.52. The van der Waals surface area contributed by atoms with E-state index in [1.165, 1.54) is 27.9 Å².